The van der Waals surface area contributed by atoms with E-state index in [0.717, 1.165) is 41.5 Å². The van der Waals surface area contributed by atoms with Crippen LogP contribution in [-0.4, -0.2) is 24.5 Å². The van der Waals surface area contributed by atoms with E-state index in [0.29, 0.717) is 0 Å². The van der Waals surface area contributed by atoms with E-state index in [1.54, 1.807) is 0 Å². The fraction of sp³-hybridized carbons (Fsp3) is 0.455. The first-order chi connectivity index (χ1) is 11.9. The molecule has 4 rings (SSSR count). The van der Waals surface area contributed by atoms with Crippen LogP contribution in [0.4, 0.5) is 0 Å². The number of epoxide rings is 1. The SMILES string of the molecule is CCCC[C@@H]1O[C@]1(C1(O)c2ccccc2-c2ccccc21)[Si](C)(C)C. The van der Waals surface area contributed by atoms with Crippen molar-refractivity contribution in [2.24, 2.45) is 0 Å². The maximum Gasteiger partial charge on any atom is 0.144 e. The van der Waals surface area contributed by atoms with Gasteiger partial charge in [-0.05, 0) is 28.7 Å². The van der Waals surface area contributed by atoms with Gasteiger partial charge in [0.05, 0.1) is 14.2 Å². The highest BCUT2D eigenvalue weighted by Crippen LogP contribution is 2.64. The van der Waals surface area contributed by atoms with Crippen molar-refractivity contribution in [2.75, 3.05) is 0 Å². The van der Waals surface area contributed by atoms with E-state index in [-0.39, 0.29) is 6.10 Å². The van der Waals surface area contributed by atoms with Crippen LogP contribution in [0.2, 0.25) is 19.6 Å². The smallest absolute Gasteiger partial charge is 0.144 e. The number of fused-ring (bicyclic) bond motifs is 3. The molecule has 2 atom stereocenters. The minimum absolute atomic E-state index is 0.156. The molecule has 0 unspecified atom stereocenters. The predicted octanol–water partition coefficient (Wildman–Crippen LogP) is 5.11. The van der Waals surface area contributed by atoms with Gasteiger partial charge in [-0.1, -0.05) is 87.9 Å². The van der Waals surface area contributed by atoms with E-state index < -0.39 is 18.9 Å². The van der Waals surface area contributed by atoms with Crippen LogP contribution in [0.1, 0.15) is 37.3 Å². The zero-order valence-corrected chi connectivity index (χ0v) is 16.7. The third-order valence-corrected chi connectivity index (χ3v) is 9.15. The van der Waals surface area contributed by atoms with Crippen molar-refractivity contribution in [3.8, 4) is 11.1 Å². The standard InChI is InChI=1S/C22H28O2Si/c1-5-6-15-20-22(24-20,25(2,3)4)21(23)18-13-9-7-11-16(18)17-12-8-10-14-19(17)21/h7-14,20,23H,5-6,15H2,1-4H3/t20-,22-/m0/s1. The van der Waals surface area contributed by atoms with Gasteiger partial charge >= 0.3 is 0 Å². The number of ether oxygens (including phenoxy) is 1. The Kier molecular flexibility index (Phi) is 3.77. The Hall–Kier alpha value is -1.42. The molecule has 1 aliphatic heterocycles. The van der Waals surface area contributed by atoms with Gasteiger partial charge in [-0.15, -0.1) is 0 Å². The fourth-order valence-electron chi connectivity index (χ4n) is 4.97. The van der Waals surface area contributed by atoms with Crippen LogP contribution in [0.5, 0.6) is 0 Å². The van der Waals surface area contributed by atoms with Crippen LogP contribution < -0.4 is 0 Å². The van der Waals surface area contributed by atoms with Gasteiger partial charge in [0.1, 0.15) is 10.8 Å². The molecule has 2 aromatic carbocycles. The average Bonchev–Trinajstić information content (AvgIpc) is 3.30. The zero-order chi connectivity index (χ0) is 17.9. The summed E-state index contributed by atoms with van der Waals surface area (Å²) in [4.78, 5) is 0. The molecular weight excluding hydrogens is 324 g/mol. The van der Waals surface area contributed by atoms with Crippen molar-refractivity contribution in [1.29, 1.82) is 0 Å². The fourth-order valence-corrected chi connectivity index (χ4v) is 7.94. The number of hydrogen-bond acceptors (Lipinski definition) is 2. The molecule has 2 aliphatic rings. The summed E-state index contributed by atoms with van der Waals surface area (Å²) in [6.45, 7) is 9.22. The molecule has 1 heterocycles. The molecule has 1 fully saturated rings. The van der Waals surface area contributed by atoms with Gasteiger partial charge in [0, 0.05) is 0 Å². The van der Waals surface area contributed by atoms with Gasteiger partial charge in [0.25, 0.3) is 0 Å². The lowest BCUT2D eigenvalue weighted by Gasteiger charge is -2.40. The Morgan fingerprint density at radius 1 is 0.960 bits per heavy atom. The van der Waals surface area contributed by atoms with Crippen LogP contribution in [0.3, 0.4) is 0 Å². The first-order valence-corrected chi connectivity index (χ1v) is 13.0. The molecule has 0 radical (unpaired) electrons. The van der Waals surface area contributed by atoms with Crippen molar-refractivity contribution in [3.63, 3.8) is 0 Å². The lowest BCUT2D eigenvalue weighted by atomic mass is 9.85. The van der Waals surface area contributed by atoms with Gasteiger partial charge in [-0.2, -0.15) is 0 Å². The van der Waals surface area contributed by atoms with Crippen LogP contribution in [0.15, 0.2) is 48.5 Å². The summed E-state index contributed by atoms with van der Waals surface area (Å²) in [5.41, 5.74) is 3.32. The molecule has 1 N–H and O–H groups in total. The molecular formula is C22H28O2Si. The molecule has 3 heteroatoms. The van der Waals surface area contributed by atoms with Crippen molar-refractivity contribution in [3.05, 3.63) is 59.7 Å². The molecule has 0 amide bonds. The summed E-state index contributed by atoms with van der Waals surface area (Å²) < 4.78 is 6.48. The quantitative estimate of drug-likeness (QED) is 0.599. The maximum atomic E-state index is 12.3. The predicted molar refractivity (Wildman–Crippen MR) is 105 cm³/mol. The topological polar surface area (TPSA) is 32.8 Å². The minimum Gasteiger partial charge on any atom is -0.378 e. The number of rotatable bonds is 5. The van der Waals surface area contributed by atoms with Crippen molar-refractivity contribution >= 4 is 8.07 Å². The van der Waals surface area contributed by atoms with E-state index in [1.807, 2.05) is 12.1 Å². The lowest BCUT2D eigenvalue weighted by molar-refractivity contribution is 0.0290. The second-order valence-electron chi connectivity index (χ2n) is 8.54. The zero-order valence-electron chi connectivity index (χ0n) is 15.7. The molecule has 25 heavy (non-hydrogen) atoms. The molecule has 0 bridgehead atoms. The van der Waals surface area contributed by atoms with Crippen LogP contribution >= 0.6 is 0 Å². The van der Waals surface area contributed by atoms with Gasteiger partial charge < -0.3 is 9.84 Å². The second-order valence-corrected chi connectivity index (χ2v) is 13.8. The largest absolute Gasteiger partial charge is 0.378 e. The van der Waals surface area contributed by atoms with E-state index in [2.05, 4.69) is 63.0 Å². The lowest BCUT2D eigenvalue weighted by Crippen LogP contribution is -2.58. The third-order valence-electron chi connectivity index (χ3n) is 6.12. The molecule has 0 spiro atoms. The molecule has 2 nitrogen and oxygen atoms in total. The van der Waals surface area contributed by atoms with E-state index in [9.17, 15) is 5.11 Å². The number of aliphatic hydroxyl groups is 1. The van der Waals surface area contributed by atoms with Gasteiger partial charge in [0.2, 0.25) is 0 Å². The third kappa shape index (κ3) is 2.09. The van der Waals surface area contributed by atoms with Gasteiger partial charge in [-0.3, -0.25) is 0 Å². The average molecular weight is 353 g/mol. The Bertz CT molecular complexity index is 762. The summed E-state index contributed by atoms with van der Waals surface area (Å²) in [6, 6.07) is 16.6. The summed E-state index contributed by atoms with van der Waals surface area (Å²) in [7, 11) is -1.83. The van der Waals surface area contributed by atoms with Crippen LogP contribution in [0, 0.1) is 0 Å². The normalized spacial score (nSPS) is 26.2. The summed E-state index contributed by atoms with van der Waals surface area (Å²) >= 11 is 0. The Balaban J connectivity index is 1.94. The van der Waals surface area contributed by atoms with E-state index >= 15 is 0 Å². The highest BCUT2D eigenvalue weighted by atomic mass is 28.3. The first kappa shape index (κ1) is 17.0. The molecule has 132 valence electrons. The molecule has 1 saturated heterocycles. The number of unbranched alkanes of at least 4 members (excludes halogenated alkanes) is 1. The van der Waals surface area contributed by atoms with E-state index in [1.165, 1.54) is 0 Å². The molecule has 0 aromatic heterocycles. The van der Waals surface area contributed by atoms with Crippen molar-refractivity contribution in [2.45, 2.75) is 62.8 Å². The number of benzene rings is 2. The van der Waals surface area contributed by atoms with Gasteiger partial charge in [0.15, 0.2) is 0 Å². The Morgan fingerprint density at radius 2 is 1.48 bits per heavy atom. The maximum absolute atomic E-state index is 12.3. The Morgan fingerprint density at radius 3 is 1.96 bits per heavy atom. The van der Waals surface area contributed by atoms with Crippen molar-refractivity contribution in [1.82, 2.24) is 0 Å². The van der Waals surface area contributed by atoms with Crippen molar-refractivity contribution < 1.29 is 9.84 Å². The minimum atomic E-state index is -1.83. The Labute approximate surface area is 151 Å². The molecule has 2 aromatic rings. The first-order valence-electron chi connectivity index (χ1n) is 9.47. The van der Waals surface area contributed by atoms with Crippen LogP contribution in [0.25, 0.3) is 11.1 Å². The summed E-state index contributed by atoms with van der Waals surface area (Å²) in [6.07, 6.45) is 3.50. The summed E-state index contributed by atoms with van der Waals surface area (Å²) in [5, 5.41) is 11.9. The highest BCUT2D eigenvalue weighted by Gasteiger charge is 2.76. The molecule has 0 saturated carbocycles. The van der Waals surface area contributed by atoms with Crippen LogP contribution in [-0.2, 0) is 10.3 Å². The van der Waals surface area contributed by atoms with Gasteiger partial charge in [-0.25, -0.2) is 0 Å². The van der Waals surface area contributed by atoms with E-state index in [4.69, 9.17) is 4.74 Å². The summed E-state index contributed by atoms with van der Waals surface area (Å²) in [5.74, 6) is 0. The number of hydrogen-bond donors (Lipinski definition) is 1. The second kappa shape index (κ2) is 5.54. The monoisotopic (exact) mass is 352 g/mol. The highest BCUT2D eigenvalue weighted by molar-refractivity contribution is 6.80. The molecule has 1 aliphatic carbocycles.